The van der Waals surface area contributed by atoms with E-state index in [2.05, 4.69) is 23.8 Å². The van der Waals surface area contributed by atoms with Crippen molar-refractivity contribution in [1.29, 1.82) is 0 Å². The molecule has 0 amide bonds. The van der Waals surface area contributed by atoms with Crippen molar-refractivity contribution in [2.24, 2.45) is 11.7 Å². The highest BCUT2D eigenvalue weighted by molar-refractivity contribution is 7.18. The first-order valence-electron chi connectivity index (χ1n) is 5.74. The van der Waals surface area contributed by atoms with Crippen LogP contribution in [0.1, 0.15) is 30.1 Å². The summed E-state index contributed by atoms with van der Waals surface area (Å²) in [6.45, 7) is 6.61. The largest absolute Gasteiger partial charge is 0.326 e. The first-order valence-corrected chi connectivity index (χ1v) is 6.55. The summed E-state index contributed by atoms with van der Waals surface area (Å²) in [7, 11) is 0. The number of nitrogens with two attached hydrogens (primary N) is 1. The Labute approximate surface area is 104 Å². The van der Waals surface area contributed by atoms with Gasteiger partial charge in [0.05, 0.1) is 5.39 Å². The molecule has 0 saturated heterocycles. The van der Waals surface area contributed by atoms with Gasteiger partial charge in [0.2, 0.25) is 0 Å². The molecule has 0 saturated carbocycles. The lowest BCUT2D eigenvalue weighted by Gasteiger charge is -2.03. The van der Waals surface area contributed by atoms with E-state index in [0.717, 1.165) is 27.5 Å². The van der Waals surface area contributed by atoms with Crippen LogP contribution < -0.4 is 11.3 Å². The zero-order valence-electron chi connectivity index (χ0n) is 10.3. The van der Waals surface area contributed by atoms with Crippen molar-refractivity contribution in [1.82, 2.24) is 9.97 Å². The summed E-state index contributed by atoms with van der Waals surface area (Å²) in [5.74, 6) is 1.24. The van der Waals surface area contributed by atoms with Crippen LogP contribution in [-0.2, 0) is 13.0 Å². The summed E-state index contributed by atoms with van der Waals surface area (Å²) >= 11 is 1.52. The molecule has 92 valence electrons. The lowest BCUT2D eigenvalue weighted by molar-refractivity contribution is 0.621. The van der Waals surface area contributed by atoms with E-state index < -0.39 is 0 Å². The molecule has 2 rings (SSSR count). The highest BCUT2D eigenvalue weighted by Gasteiger charge is 2.13. The van der Waals surface area contributed by atoms with Crippen LogP contribution in [-0.4, -0.2) is 9.97 Å². The Hall–Kier alpha value is -1.20. The first-order chi connectivity index (χ1) is 8.02. The van der Waals surface area contributed by atoms with Gasteiger partial charge in [-0.1, -0.05) is 13.8 Å². The van der Waals surface area contributed by atoms with Gasteiger partial charge in [0.15, 0.2) is 0 Å². The summed E-state index contributed by atoms with van der Waals surface area (Å²) in [6, 6.07) is 0. The fourth-order valence-corrected chi connectivity index (χ4v) is 2.99. The number of aromatic nitrogens is 2. The van der Waals surface area contributed by atoms with Gasteiger partial charge in [0.25, 0.3) is 5.56 Å². The minimum atomic E-state index is -0.0425. The summed E-state index contributed by atoms with van der Waals surface area (Å²) < 4.78 is 0. The van der Waals surface area contributed by atoms with Crippen LogP contribution in [0.4, 0.5) is 0 Å². The Kier molecular flexibility index (Phi) is 3.31. The predicted octanol–water partition coefficient (Wildman–Crippen LogP) is 1.95. The predicted molar refractivity (Wildman–Crippen MR) is 71.4 cm³/mol. The molecule has 2 aromatic heterocycles. The molecule has 0 spiro atoms. The number of nitrogens with zero attached hydrogens (tertiary/aromatic N) is 1. The minimum Gasteiger partial charge on any atom is -0.326 e. The number of aromatic amines is 1. The average Bonchev–Trinajstić information content (AvgIpc) is 2.54. The number of hydrogen-bond acceptors (Lipinski definition) is 4. The molecule has 0 unspecified atom stereocenters. The van der Waals surface area contributed by atoms with Crippen molar-refractivity contribution < 1.29 is 0 Å². The number of nitrogens with one attached hydrogen (secondary N) is 1. The van der Waals surface area contributed by atoms with Crippen molar-refractivity contribution in [3.05, 3.63) is 26.6 Å². The molecule has 0 fully saturated rings. The molecule has 2 heterocycles. The number of rotatable bonds is 3. The second kappa shape index (κ2) is 4.58. The fourth-order valence-electron chi connectivity index (χ4n) is 1.91. The van der Waals surface area contributed by atoms with Gasteiger partial charge in [-0.3, -0.25) is 4.79 Å². The molecule has 0 radical (unpaired) electrons. The molecule has 3 N–H and O–H groups in total. The van der Waals surface area contributed by atoms with E-state index in [1.54, 1.807) is 0 Å². The molecular formula is C12H17N3OS. The lowest BCUT2D eigenvalue weighted by atomic mass is 10.1. The first kappa shape index (κ1) is 12.3. The van der Waals surface area contributed by atoms with E-state index in [0.29, 0.717) is 17.8 Å². The molecule has 17 heavy (non-hydrogen) atoms. The summed E-state index contributed by atoms with van der Waals surface area (Å²) in [6.07, 6.45) is 0.792. The van der Waals surface area contributed by atoms with Gasteiger partial charge in [-0.25, -0.2) is 4.98 Å². The van der Waals surface area contributed by atoms with Crippen LogP contribution in [0, 0.1) is 12.8 Å². The van der Waals surface area contributed by atoms with Crippen molar-refractivity contribution in [3.63, 3.8) is 0 Å². The maximum absolute atomic E-state index is 12.0. The van der Waals surface area contributed by atoms with Crippen molar-refractivity contribution in [2.75, 3.05) is 0 Å². The third-order valence-electron chi connectivity index (χ3n) is 2.74. The van der Waals surface area contributed by atoms with Crippen molar-refractivity contribution in [2.45, 2.75) is 33.7 Å². The average molecular weight is 251 g/mol. The topological polar surface area (TPSA) is 71.8 Å². The van der Waals surface area contributed by atoms with E-state index in [1.165, 1.54) is 11.3 Å². The van der Waals surface area contributed by atoms with E-state index >= 15 is 0 Å². The molecule has 0 bridgehead atoms. The second-order valence-corrected chi connectivity index (χ2v) is 5.73. The summed E-state index contributed by atoms with van der Waals surface area (Å²) in [5.41, 5.74) is 6.58. The second-order valence-electron chi connectivity index (χ2n) is 4.65. The number of fused-ring (bicyclic) bond motifs is 1. The Bertz CT molecular complexity index is 598. The molecule has 0 aliphatic rings. The monoisotopic (exact) mass is 251 g/mol. The van der Waals surface area contributed by atoms with Crippen LogP contribution in [0.15, 0.2) is 4.79 Å². The molecule has 0 aliphatic carbocycles. The molecule has 4 nitrogen and oxygen atoms in total. The van der Waals surface area contributed by atoms with Crippen LogP contribution in [0.2, 0.25) is 0 Å². The van der Waals surface area contributed by atoms with E-state index in [-0.39, 0.29) is 5.56 Å². The molecule has 5 heteroatoms. The van der Waals surface area contributed by atoms with Gasteiger partial charge in [0.1, 0.15) is 10.7 Å². The van der Waals surface area contributed by atoms with Crippen LogP contribution in [0.3, 0.4) is 0 Å². The van der Waals surface area contributed by atoms with E-state index in [1.807, 2.05) is 6.92 Å². The van der Waals surface area contributed by atoms with Gasteiger partial charge in [-0.2, -0.15) is 0 Å². The Morgan fingerprint density at radius 2 is 2.18 bits per heavy atom. The highest BCUT2D eigenvalue weighted by atomic mass is 32.1. The maximum Gasteiger partial charge on any atom is 0.259 e. The molecular weight excluding hydrogens is 234 g/mol. The summed E-state index contributed by atoms with van der Waals surface area (Å²) in [4.78, 5) is 21.2. The van der Waals surface area contributed by atoms with E-state index in [4.69, 9.17) is 5.73 Å². The molecule has 0 aliphatic heterocycles. The van der Waals surface area contributed by atoms with Crippen molar-refractivity contribution >= 4 is 21.6 Å². The molecule has 0 aromatic carbocycles. The quantitative estimate of drug-likeness (QED) is 0.875. The maximum atomic E-state index is 12.0. The zero-order chi connectivity index (χ0) is 12.6. The zero-order valence-corrected chi connectivity index (χ0v) is 11.1. The number of thiophene rings is 1. The van der Waals surface area contributed by atoms with Crippen molar-refractivity contribution in [3.8, 4) is 0 Å². The van der Waals surface area contributed by atoms with Gasteiger partial charge in [0, 0.05) is 17.8 Å². The third-order valence-corrected chi connectivity index (χ3v) is 3.94. The fraction of sp³-hybridized carbons (Fsp3) is 0.500. The van der Waals surface area contributed by atoms with Crippen LogP contribution in [0.5, 0.6) is 0 Å². The number of hydrogen-bond donors (Lipinski definition) is 2. The standard InChI is InChI=1S/C12H17N3OS/c1-6(2)4-9-14-11(16)10-7(3)8(5-13)17-12(10)15-9/h6H,4-5,13H2,1-3H3,(H,14,15,16). The smallest absolute Gasteiger partial charge is 0.259 e. The van der Waals surface area contributed by atoms with E-state index in [9.17, 15) is 4.79 Å². The highest BCUT2D eigenvalue weighted by Crippen LogP contribution is 2.26. The Morgan fingerprint density at radius 1 is 1.47 bits per heavy atom. The SMILES string of the molecule is Cc1c(CN)sc2nc(CC(C)C)[nH]c(=O)c12. The molecule has 0 atom stereocenters. The Morgan fingerprint density at radius 3 is 2.76 bits per heavy atom. The summed E-state index contributed by atoms with van der Waals surface area (Å²) in [5, 5.41) is 0.697. The molecule has 2 aromatic rings. The van der Waals surface area contributed by atoms with Crippen LogP contribution in [0.25, 0.3) is 10.2 Å². The van der Waals surface area contributed by atoms with Crippen LogP contribution >= 0.6 is 11.3 Å². The normalized spacial score (nSPS) is 11.6. The number of H-pyrrole nitrogens is 1. The van der Waals surface area contributed by atoms with Gasteiger partial charge in [-0.15, -0.1) is 11.3 Å². The van der Waals surface area contributed by atoms with Gasteiger partial charge >= 0.3 is 0 Å². The Balaban J connectivity index is 2.62. The number of aryl methyl sites for hydroxylation is 1. The third kappa shape index (κ3) is 2.25. The minimum absolute atomic E-state index is 0.0425. The lowest BCUT2D eigenvalue weighted by Crippen LogP contribution is -2.13. The van der Waals surface area contributed by atoms with Gasteiger partial charge < -0.3 is 10.7 Å². The van der Waals surface area contributed by atoms with Gasteiger partial charge in [-0.05, 0) is 18.4 Å².